The van der Waals surface area contributed by atoms with Gasteiger partial charge in [0.1, 0.15) is 0 Å². The summed E-state index contributed by atoms with van der Waals surface area (Å²) in [5.74, 6) is 0.790. The van der Waals surface area contributed by atoms with E-state index in [0.717, 1.165) is 5.56 Å². The number of rotatable bonds is 4. The fourth-order valence-electron chi connectivity index (χ4n) is 1.37. The van der Waals surface area contributed by atoms with E-state index in [1.54, 1.807) is 4.68 Å². The third-order valence-corrected chi connectivity index (χ3v) is 2.48. The van der Waals surface area contributed by atoms with Crippen LogP contribution in [0.3, 0.4) is 0 Å². The molecule has 0 aliphatic rings. The van der Waals surface area contributed by atoms with E-state index in [2.05, 4.69) is 15.5 Å². The third kappa shape index (κ3) is 2.37. The summed E-state index contributed by atoms with van der Waals surface area (Å²) >= 11 is 5.54. The summed E-state index contributed by atoms with van der Waals surface area (Å²) in [7, 11) is 0. The van der Waals surface area contributed by atoms with Crippen LogP contribution in [0.25, 0.3) is 11.4 Å². The SMILES string of the molecule is O[C@@H](CCl)Cn1nnnc1-c1ccccc1. The van der Waals surface area contributed by atoms with Gasteiger partial charge in [0.25, 0.3) is 0 Å². The number of benzene rings is 1. The average Bonchev–Trinajstić information content (AvgIpc) is 2.78. The lowest BCUT2D eigenvalue weighted by Crippen LogP contribution is -2.19. The van der Waals surface area contributed by atoms with Gasteiger partial charge in [0.05, 0.1) is 18.5 Å². The monoisotopic (exact) mass is 238 g/mol. The van der Waals surface area contributed by atoms with Crippen LogP contribution in [-0.2, 0) is 6.54 Å². The Balaban J connectivity index is 2.26. The zero-order valence-corrected chi connectivity index (χ0v) is 9.25. The minimum atomic E-state index is -0.646. The molecule has 0 radical (unpaired) electrons. The molecule has 0 fully saturated rings. The van der Waals surface area contributed by atoms with Crippen molar-refractivity contribution < 1.29 is 5.11 Å². The maximum atomic E-state index is 9.45. The quantitative estimate of drug-likeness (QED) is 0.806. The van der Waals surface area contributed by atoms with Crippen LogP contribution in [0.2, 0.25) is 0 Å². The van der Waals surface area contributed by atoms with E-state index in [4.69, 9.17) is 11.6 Å². The summed E-state index contributed by atoms with van der Waals surface area (Å²) in [5.41, 5.74) is 0.911. The predicted molar refractivity (Wildman–Crippen MR) is 60.0 cm³/mol. The fraction of sp³-hybridized carbons (Fsp3) is 0.300. The van der Waals surface area contributed by atoms with Crippen LogP contribution in [0, 0.1) is 0 Å². The highest BCUT2D eigenvalue weighted by molar-refractivity contribution is 6.18. The minimum absolute atomic E-state index is 0.161. The number of halogens is 1. The number of aliphatic hydroxyl groups excluding tert-OH is 1. The molecule has 1 heterocycles. The zero-order valence-electron chi connectivity index (χ0n) is 8.49. The van der Waals surface area contributed by atoms with Crippen LogP contribution in [0.1, 0.15) is 0 Å². The van der Waals surface area contributed by atoms with Crippen LogP contribution < -0.4 is 0 Å². The Labute approximate surface area is 97.7 Å². The Hall–Kier alpha value is -1.46. The maximum Gasteiger partial charge on any atom is 0.182 e. The number of aromatic nitrogens is 4. The third-order valence-electron chi connectivity index (χ3n) is 2.13. The van der Waals surface area contributed by atoms with Gasteiger partial charge >= 0.3 is 0 Å². The molecule has 0 amide bonds. The largest absolute Gasteiger partial charge is 0.390 e. The van der Waals surface area contributed by atoms with Crippen LogP contribution >= 0.6 is 11.6 Å². The summed E-state index contributed by atoms with van der Waals surface area (Å²) in [6.45, 7) is 0.292. The number of nitrogens with zero attached hydrogens (tertiary/aromatic N) is 4. The molecule has 1 N–H and O–H groups in total. The lowest BCUT2D eigenvalue weighted by molar-refractivity contribution is 0.171. The first-order valence-electron chi connectivity index (χ1n) is 4.87. The second kappa shape index (κ2) is 5.05. The summed E-state index contributed by atoms with van der Waals surface area (Å²) in [6, 6.07) is 9.56. The molecule has 0 aliphatic heterocycles. The van der Waals surface area contributed by atoms with Gasteiger partial charge in [0, 0.05) is 5.56 Å². The van der Waals surface area contributed by atoms with E-state index in [1.165, 1.54) is 0 Å². The van der Waals surface area contributed by atoms with Crippen LogP contribution in [0.5, 0.6) is 0 Å². The van der Waals surface area contributed by atoms with E-state index in [1.807, 2.05) is 30.3 Å². The van der Waals surface area contributed by atoms with Crippen molar-refractivity contribution >= 4 is 11.6 Å². The summed E-state index contributed by atoms with van der Waals surface area (Å²) in [4.78, 5) is 0. The molecule has 0 unspecified atom stereocenters. The Bertz CT molecular complexity index is 445. The number of hydrogen-bond donors (Lipinski definition) is 1. The van der Waals surface area contributed by atoms with Crippen LogP contribution in [-0.4, -0.2) is 37.3 Å². The molecule has 84 valence electrons. The Morgan fingerprint density at radius 1 is 1.31 bits per heavy atom. The molecule has 2 aromatic rings. The molecule has 1 aromatic carbocycles. The molecule has 0 saturated heterocycles. The van der Waals surface area contributed by atoms with Gasteiger partial charge in [0.15, 0.2) is 5.82 Å². The van der Waals surface area contributed by atoms with E-state index >= 15 is 0 Å². The molecule has 1 aromatic heterocycles. The van der Waals surface area contributed by atoms with Crippen molar-refractivity contribution in [1.82, 2.24) is 20.2 Å². The minimum Gasteiger partial charge on any atom is -0.390 e. The van der Waals surface area contributed by atoms with Crippen molar-refractivity contribution in [2.75, 3.05) is 5.88 Å². The van der Waals surface area contributed by atoms with Gasteiger partial charge in [-0.15, -0.1) is 16.7 Å². The first-order chi connectivity index (χ1) is 7.81. The van der Waals surface area contributed by atoms with E-state index in [-0.39, 0.29) is 5.88 Å². The second-order valence-electron chi connectivity index (χ2n) is 3.36. The number of aliphatic hydroxyl groups is 1. The number of hydrogen-bond acceptors (Lipinski definition) is 4. The van der Waals surface area contributed by atoms with Crippen LogP contribution in [0.4, 0.5) is 0 Å². The second-order valence-corrected chi connectivity index (χ2v) is 3.67. The van der Waals surface area contributed by atoms with Gasteiger partial charge in [0.2, 0.25) is 0 Å². The highest BCUT2D eigenvalue weighted by atomic mass is 35.5. The number of alkyl halides is 1. The summed E-state index contributed by atoms with van der Waals surface area (Å²) in [6.07, 6.45) is -0.646. The Morgan fingerprint density at radius 3 is 2.75 bits per heavy atom. The smallest absolute Gasteiger partial charge is 0.182 e. The first-order valence-corrected chi connectivity index (χ1v) is 5.40. The molecule has 0 bridgehead atoms. The predicted octanol–water partition coefficient (Wildman–Crippen LogP) is 0.940. The van der Waals surface area contributed by atoms with Crippen molar-refractivity contribution in [3.8, 4) is 11.4 Å². The normalized spacial score (nSPS) is 12.6. The van der Waals surface area contributed by atoms with E-state index in [0.29, 0.717) is 12.4 Å². The first kappa shape index (κ1) is 11.0. The van der Waals surface area contributed by atoms with Crippen molar-refractivity contribution in [2.45, 2.75) is 12.6 Å². The van der Waals surface area contributed by atoms with E-state index in [9.17, 15) is 5.11 Å². The summed E-state index contributed by atoms with van der Waals surface area (Å²) < 4.78 is 1.54. The lowest BCUT2D eigenvalue weighted by Gasteiger charge is -2.07. The molecular weight excluding hydrogens is 228 g/mol. The molecule has 2 rings (SSSR count). The van der Waals surface area contributed by atoms with Gasteiger partial charge in [-0.1, -0.05) is 30.3 Å². The maximum absolute atomic E-state index is 9.45. The molecule has 0 saturated carbocycles. The highest BCUT2D eigenvalue weighted by Gasteiger charge is 2.11. The topological polar surface area (TPSA) is 63.8 Å². The Kier molecular flexibility index (Phi) is 3.48. The molecular formula is C10H11ClN4O. The van der Waals surface area contributed by atoms with Crippen molar-refractivity contribution in [3.63, 3.8) is 0 Å². The van der Waals surface area contributed by atoms with Gasteiger partial charge < -0.3 is 5.11 Å². The van der Waals surface area contributed by atoms with Gasteiger partial charge in [-0.3, -0.25) is 0 Å². The van der Waals surface area contributed by atoms with Gasteiger partial charge in [-0.25, -0.2) is 4.68 Å². The lowest BCUT2D eigenvalue weighted by atomic mass is 10.2. The zero-order chi connectivity index (χ0) is 11.4. The molecule has 5 nitrogen and oxygen atoms in total. The van der Waals surface area contributed by atoms with Crippen molar-refractivity contribution in [1.29, 1.82) is 0 Å². The van der Waals surface area contributed by atoms with Crippen molar-refractivity contribution in [3.05, 3.63) is 30.3 Å². The fourth-order valence-corrected chi connectivity index (χ4v) is 1.47. The van der Waals surface area contributed by atoms with Crippen molar-refractivity contribution in [2.24, 2.45) is 0 Å². The standard InChI is InChI=1S/C10H11ClN4O/c11-6-9(16)7-15-10(12-13-14-15)8-4-2-1-3-5-8/h1-5,9,16H,6-7H2/t9-/m0/s1. The van der Waals surface area contributed by atoms with Crippen LogP contribution in [0.15, 0.2) is 30.3 Å². The summed E-state index contributed by atoms with van der Waals surface area (Å²) in [5, 5.41) is 20.8. The molecule has 6 heteroatoms. The molecule has 0 spiro atoms. The Morgan fingerprint density at radius 2 is 2.06 bits per heavy atom. The van der Waals surface area contributed by atoms with Gasteiger partial charge in [-0.05, 0) is 10.4 Å². The number of tetrazole rings is 1. The average molecular weight is 239 g/mol. The highest BCUT2D eigenvalue weighted by Crippen LogP contribution is 2.14. The van der Waals surface area contributed by atoms with E-state index < -0.39 is 6.10 Å². The molecule has 16 heavy (non-hydrogen) atoms. The molecule has 0 aliphatic carbocycles. The molecule has 1 atom stereocenters. The van der Waals surface area contributed by atoms with Gasteiger partial charge in [-0.2, -0.15) is 0 Å².